The third-order valence-electron chi connectivity index (χ3n) is 17.2. The third kappa shape index (κ3) is 8.10. The zero-order valence-electron chi connectivity index (χ0n) is 42.9. The minimum absolute atomic E-state index is 0.0393. The van der Waals surface area contributed by atoms with Crippen LogP contribution in [0.25, 0.3) is 11.1 Å². The van der Waals surface area contributed by atoms with Gasteiger partial charge in [-0.15, -0.1) is 0 Å². The van der Waals surface area contributed by atoms with Crippen LogP contribution in [0.3, 0.4) is 0 Å². The van der Waals surface area contributed by atoms with Crippen LogP contribution >= 0.6 is 0 Å². The van der Waals surface area contributed by atoms with E-state index in [4.69, 9.17) is 0 Å². The second-order valence-corrected chi connectivity index (χ2v) is 24.8. The Morgan fingerprint density at radius 2 is 1.17 bits per heavy atom. The van der Waals surface area contributed by atoms with E-state index in [2.05, 4.69) is 213 Å². The maximum absolute atomic E-state index is 2.75. The summed E-state index contributed by atoms with van der Waals surface area (Å²) in [7, 11) is 0. The molecular weight excluding hydrogens is 780 g/mol. The van der Waals surface area contributed by atoms with Crippen LogP contribution in [0, 0.1) is 20.8 Å². The molecule has 0 nitrogen and oxygen atoms in total. The monoisotopic (exact) mass is 857 g/mol. The van der Waals surface area contributed by atoms with Gasteiger partial charge in [0.1, 0.15) is 0 Å². The first-order valence-corrected chi connectivity index (χ1v) is 25.2. The first-order valence-electron chi connectivity index (χ1n) is 25.2. The van der Waals surface area contributed by atoms with E-state index >= 15 is 0 Å². The molecule has 9 rings (SSSR count). The molecule has 1 heteroatoms. The minimum Gasteiger partial charge on any atom is -0.0664 e. The summed E-state index contributed by atoms with van der Waals surface area (Å²) in [6, 6.07) is 43.9. The lowest BCUT2D eigenvalue weighted by Gasteiger charge is -2.44. The van der Waals surface area contributed by atoms with Crippen LogP contribution in [0.5, 0.6) is 0 Å². The van der Waals surface area contributed by atoms with Gasteiger partial charge in [0.25, 0.3) is 0 Å². The second kappa shape index (κ2) is 16.0. The van der Waals surface area contributed by atoms with E-state index in [9.17, 15) is 0 Å². The highest BCUT2D eigenvalue weighted by molar-refractivity contribution is 6.97. The molecule has 6 aromatic rings. The lowest BCUT2D eigenvalue weighted by Crippen LogP contribution is -2.60. The highest BCUT2D eigenvalue weighted by Crippen LogP contribution is 2.49. The Kier molecular flexibility index (Phi) is 11.2. The van der Waals surface area contributed by atoms with Gasteiger partial charge < -0.3 is 0 Å². The van der Waals surface area contributed by atoms with Crippen molar-refractivity contribution in [3.05, 3.63) is 182 Å². The molecule has 3 aliphatic rings. The van der Waals surface area contributed by atoms with Gasteiger partial charge in [0, 0.05) is 11.8 Å². The predicted molar refractivity (Wildman–Crippen MR) is 283 cm³/mol. The van der Waals surface area contributed by atoms with Gasteiger partial charge >= 0.3 is 0 Å². The number of fused-ring (bicyclic) bond motifs is 4. The average Bonchev–Trinajstić information content (AvgIpc) is 3.25. The molecule has 65 heavy (non-hydrogen) atoms. The van der Waals surface area contributed by atoms with Crippen LogP contribution in [-0.4, -0.2) is 6.71 Å². The number of benzene rings is 6. The summed E-state index contributed by atoms with van der Waals surface area (Å²) >= 11 is 0. The molecule has 0 radical (unpaired) electrons. The predicted octanol–water partition coefficient (Wildman–Crippen LogP) is 15.0. The molecular formula is C64H77B. The summed E-state index contributed by atoms with van der Waals surface area (Å²) < 4.78 is 0. The maximum Gasteiger partial charge on any atom is 0.242 e. The summed E-state index contributed by atoms with van der Waals surface area (Å²) in [5.41, 5.74) is 27.1. The van der Waals surface area contributed by atoms with E-state index in [0.717, 1.165) is 12.8 Å². The van der Waals surface area contributed by atoms with Gasteiger partial charge in [-0.1, -0.05) is 220 Å². The van der Waals surface area contributed by atoms with E-state index in [1.807, 2.05) is 0 Å². The van der Waals surface area contributed by atoms with Crippen molar-refractivity contribution in [1.29, 1.82) is 0 Å². The van der Waals surface area contributed by atoms with Crippen molar-refractivity contribution in [2.75, 3.05) is 0 Å². The van der Waals surface area contributed by atoms with Crippen LogP contribution in [0.15, 0.2) is 109 Å². The molecule has 0 bridgehead atoms. The summed E-state index contributed by atoms with van der Waals surface area (Å²) in [6.45, 7) is 36.8. The highest BCUT2D eigenvalue weighted by Gasteiger charge is 2.44. The van der Waals surface area contributed by atoms with Gasteiger partial charge in [-0.3, -0.25) is 0 Å². The standard InChI is InChI=1S/C64H77B/c1-40-33-42(3)59-52(34-40)49(26-23-44-21-22-47(35-41(44)2)45-19-17-16-18-20-45)51-37-48(60(5,6)7)25-28-57(51)65(59)58-39-56-55(63(12,13)31-32-64(56,14)15)38-50(58)43(4)46-24-27-53-54(36-46)62(10,11)30-29-61(53,8)9/h16-22,24-25,27-28,33-39,43,49H,23,26,29-32H2,1-15H3. The largest absolute Gasteiger partial charge is 0.242 e. The van der Waals surface area contributed by atoms with Crippen LogP contribution < -0.4 is 16.4 Å². The third-order valence-corrected chi connectivity index (χ3v) is 17.2. The van der Waals surface area contributed by atoms with Crippen molar-refractivity contribution in [2.45, 2.75) is 181 Å². The van der Waals surface area contributed by atoms with Gasteiger partial charge in [-0.05, 0) is 159 Å². The average molecular weight is 857 g/mol. The number of aryl methyl sites for hydroxylation is 4. The Morgan fingerprint density at radius 3 is 1.80 bits per heavy atom. The summed E-state index contributed by atoms with van der Waals surface area (Å²) in [5.74, 6) is 0.527. The molecule has 0 N–H and O–H groups in total. The summed E-state index contributed by atoms with van der Waals surface area (Å²) in [5, 5.41) is 0. The normalized spacial score (nSPS) is 19.4. The number of hydrogen-bond donors (Lipinski definition) is 0. The number of hydrogen-bond acceptors (Lipinski definition) is 0. The smallest absolute Gasteiger partial charge is 0.0664 e. The first-order chi connectivity index (χ1) is 30.5. The lowest BCUT2D eigenvalue weighted by atomic mass is 9.30. The van der Waals surface area contributed by atoms with E-state index in [1.165, 1.54) is 92.2 Å². The Hall–Kier alpha value is -4.62. The molecule has 0 aromatic heterocycles. The Bertz CT molecular complexity index is 2800. The quantitative estimate of drug-likeness (QED) is 0.140. The molecule has 336 valence electrons. The lowest BCUT2D eigenvalue weighted by molar-refractivity contribution is 0.331. The van der Waals surface area contributed by atoms with Crippen LogP contribution in [-0.2, 0) is 33.5 Å². The van der Waals surface area contributed by atoms with Crippen molar-refractivity contribution < 1.29 is 0 Å². The molecule has 2 aliphatic carbocycles. The maximum atomic E-state index is 2.75. The van der Waals surface area contributed by atoms with Crippen molar-refractivity contribution >= 4 is 23.1 Å². The summed E-state index contributed by atoms with van der Waals surface area (Å²) in [4.78, 5) is 0. The van der Waals surface area contributed by atoms with E-state index in [1.54, 1.807) is 33.3 Å². The topological polar surface area (TPSA) is 0 Å². The van der Waals surface area contributed by atoms with E-state index in [0.29, 0.717) is 5.92 Å². The minimum atomic E-state index is 0.0393. The van der Waals surface area contributed by atoms with Crippen LogP contribution in [0.4, 0.5) is 0 Å². The van der Waals surface area contributed by atoms with Crippen LogP contribution in [0.1, 0.15) is 199 Å². The van der Waals surface area contributed by atoms with Crippen molar-refractivity contribution in [1.82, 2.24) is 0 Å². The Labute approximate surface area is 395 Å². The zero-order valence-corrected chi connectivity index (χ0v) is 42.9. The molecule has 2 unspecified atom stereocenters. The molecule has 0 fully saturated rings. The van der Waals surface area contributed by atoms with Gasteiger partial charge in [0.2, 0.25) is 6.71 Å². The van der Waals surface area contributed by atoms with Gasteiger partial charge in [0.05, 0.1) is 0 Å². The molecule has 0 spiro atoms. The van der Waals surface area contributed by atoms with Gasteiger partial charge in [-0.25, -0.2) is 0 Å². The zero-order chi connectivity index (χ0) is 46.6. The highest BCUT2D eigenvalue weighted by atomic mass is 14.4. The first kappa shape index (κ1) is 45.5. The molecule has 1 aliphatic heterocycles. The van der Waals surface area contributed by atoms with E-state index in [-0.39, 0.29) is 39.7 Å². The SMILES string of the molecule is Cc1cc(C)c2c(c1)C(CCc1ccc(-c3ccccc3)cc1C)c1cc(C(C)(C)C)ccc1B2c1cc2c(cc1C(C)c1ccc3c(c1)C(C)(C)CCC3(C)C)C(C)(C)CCC2(C)C. The number of rotatable bonds is 7. The Balaban J connectivity index is 1.25. The van der Waals surface area contributed by atoms with Gasteiger partial charge in [0.15, 0.2) is 0 Å². The molecule has 0 amide bonds. The van der Waals surface area contributed by atoms with E-state index < -0.39 is 0 Å². The fourth-order valence-electron chi connectivity index (χ4n) is 12.7. The van der Waals surface area contributed by atoms with Crippen LogP contribution in [0.2, 0.25) is 0 Å². The second-order valence-electron chi connectivity index (χ2n) is 24.8. The Morgan fingerprint density at radius 1 is 0.554 bits per heavy atom. The molecule has 0 saturated heterocycles. The fourth-order valence-corrected chi connectivity index (χ4v) is 12.7. The molecule has 1 heterocycles. The van der Waals surface area contributed by atoms with Gasteiger partial charge in [-0.2, -0.15) is 0 Å². The van der Waals surface area contributed by atoms with Crippen molar-refractivity contribution in [2.24, 2.45) is 0 Å². The summed E-state index contributed by atoms with van der Waals surface area (Å²) in [6.07, 6.45) is 6.99. The van der Waals surface area contributed by atoms with Crippen molar-refractivity contribution in [3.63, 3.8) is 0 Å². The molecule has 6 aromatic carbocycles. The van der Waals surface area contributed by atoms with Crippen molar-refractivity contribution in [3.8, 4) is 11.1 Å². The molecule has 2 atom stereocenters. The fraction of sp³-hybridized carbons (Fsp3) is 0.438. The molecule has 0 saturated carbocycles.